The number of hydrogen-bond donors (Lipinski definition) is 0. The van der Waals surface area contributed by atoms with E-state index in [0.717, 1.165) is 55.4 Å². The summed E-state index contributed by atoms with van der Waals surface area (Å²) in [6.45, 7) is 4.62. The fourth-order valence-corrected chi connectivity index (χ4v) is 8.88. The van der Waals surface area contributed by atoms with Gasteiger partial charge in [0.15, 0.2) is 5.82 Å². The van der Waals surface area contributed by atoms with Gasteiger partial charge < -0.3 is 0 Å². The largest absolute Gasteiger partial charge is 0.236 e. The summed E-state index contributed by atoms with van der Waals surface area (Å²) >= 11 is 1.76. The molecule has 0 fully saturated rings. The van der Waals surface area contributed by atoms with E-state index in [1.165, 1.54) is 43.1 Å². The van der Waals surface area contributed by atoms with Crippen LogP contribution < -0.4 is 0 Å². The molecule has 6 aromatic carbocycles. The summed E-state index contributed by atoms with van der Waals surface area (Å²) in [7, 11) is 0. The quantitative estimate of drug-likeness (QED) is 0.189. The Bertz CT molecular complexity index is 2780. The maximum absolute atomic E-state index is 5.27. The molecule has 0 spiro atoms. The second-order valence-corrected chi connectivity index (χ2v) is 14.7. The molecule has 50 heavy (non-hydrogen) atoms. The standard InChI is InChI=1S/C46H31N3S/c1-46(2)37-18-10-8-14-32(37)33-25-24-31(26-38(33)46)44-47-39(28-12-4-3-5-13-28)27-40(48-44)29-20-22-30(23-21-29)43-35-16-7-6-15-34(35)42-36-17-9-11-19-41(36)50-45(42)49-43/h3-27H,1-2H3. The summed E-state index contributed by atoms with van der Waals surface area (Å²) < 4.78 is 1.26. The Morgan fingerprint density at radius 1 is 0.460 bits per heavy atom. The molecule has 4 heteroatoms. The Hall–Kier alpha value is -5.97. The molecule has 0 atom stereocenters. The number of pyridine rings is 1. The number of rotatable bonds is 4. The van der Waals surface area contributed by atoms with Crippen molar-refractivity contribution in [2.75, 3.05) is 0 Å². The van der Waals surface area contributed by atoms with Crippen molar-refractivity contribution in [3.05, 3.63) is 163 Å². The van der Waals surface area contributed by atoms with Crippen molar-refractivity contribution in [3.63, 3.8) is 0 Å². The second-order valence-electron chi connectivity index (χ2n) is 13.6. The van der Waals surface area contributed by atoms with Crippen molar-refractivity contribution >= 4 is 42.4 Å². The summed E-state index contributed by atoms with van der Waals surface area (Å²) in [4.78, 5) is 16.7. The Balaban J connectivity index is 1.10. The topological polar surface area (TPSA) is 38.7 Å². The molecule has 236 valence electrons. The number of hydrogen-bond acceptors (Lipinski definition) is 4. The summed E-state index contributed by atoms with van der Waals surface area (Å²) in [6, 6.07) is 53.9. The Labute approximate surface area is 294 Å². The third-order valence-corrected chi connectivity index (χ3v) is 11.4. The van der Waals surface area contributed by atoms with E-state index in [1.54, 1.807) is 11.3 Å². The van der Waals surface area contributed by atoms with Crippen molar-refractivity contribution in [3.8, 4) is 56.3 Å². The van der Waals surface area contributed by atoms with Gasteiger partial charge in [-0.2, -0.15) is 0 Å². The third-order valence-electron chi connectivity index (χ3n) is 10.3. The fourth-order valence-electron chi connectivity index (χ4n) is 7.78. The van der Waals surface area contributed by atoms with Crippen molar-refractivity contribution in [1.82, 2.24) is 15.0 Å². The predicted molar refractivity (Wildman–Crippen MR) is 210 cm³/mol. The van der Waals surface area contributed by atoms with Crippen LogP contribution in [0.15, 0.2) is 152 Å². The number of aromatic nitrogens is 3. The highest BCUT2D eigenvalue weighted by Crippen LogP contribution is 2.49. The molecule has 9 aromatic rings. The zero-order valence-electron chi connectivity index (χ0n) is 27.7. The van der Waals surface area contributed by atoms with Crippen LogP contribution in [0.4, 0.5) is 0 Å². The zero-order chi connectivity index (χ0) is 33.4. The molecule has 0 N–H and O–H groups in total. The Kier molecular flexibility index (Phi) is 6.39. The predicted octanol–water partition coefficient (Wildman–Crippen LogP) is 12.4. The van der Waals surface area contributed by atoms with Crippen LogP contribution in [0.5, 0.6) is 0 Å². The van der Waals surface area contributed by atoms with Gasteiger partial charge in [-0.25, -0.2) is 15.0 Å². The van der Waals surface area contributed by atoms with Gasteiger partial charge in [0.1, 0.15) is 4.83 Å². The number of thiophene rings is 1. The van der Waals surface area contributed by atoms with Gasteiger partial charge in [-0.1, -0.05) is 147 Å². The highest BCUT2D eigenvalue weighted by Gasteiger charge is 2.35. The average Bonchev–Trinajstić information content (AvgIpc) is 3.66. The first-order valence-corrected chi connectivity index (χ1v) is 17.8. The molecule has 10 rings (SSSR count). The number of nitrogens with zero attached hydrogens (tertiary/aromatic N) is 3. The van der Waals surface area contributed by atoms with Gasteiger partial charge in [0, 0.05) is 48.5 Å². The maximum Gasteiger partial charge on any atom is 0.160 e. The molecule has 3 aromatic heterocycles. The third kappa shape index (κ3) is 4.45. The first kappa shape index (κ1) is 29.0. The van der Waals surface area contributed by atoms with Crippen LogP contribution in [0.1, 0.15) is 25.0 Å². The van der Waals surface area contributed by atoms with Gasteiger partial charge in [0.05, 0.1) is 17.1 Å². The van der Waals surface area contributed by atoms with E-state index in [1.807, 2.05) is 6.07 Å². The van der Waals surface area contributed by atoms with Crippen molar-refractivity contribution in [2.24, 2.45) is 0 Å². The summed E-state index contributed by atoms with van der Waals surface area (Å²) in [5.74, 6) is 0.725. The molecule has 1 aliphatic carbocycles. The molecule has 1 aliphatic rings. The van der Waals surface area contributed by atoms with Crippen LogP contribution in [0, 0.1) is 0 Å². The minimum atomic E-state index is -0.102. The van der Waals surface area contributed by atoms with Crippen LogP contribution in [0.25, 0.3) is 87.4 Å². The van der Waals surface area contributed by atoms with Crippen molar-refractivity contribution in [2.45, 2.75) is 19.3 Å². The van der Waals surface area contributed by atoms with Gasteiger partial charge in [0.25, 0.3) is 0 Å². The van der Waals surface area contributed by atoms with E-state index in [9.17, 15) is 0 Å². The Morgan fingerprint density at radius 2 is 1.06 bits per heavy atom. The van der Waals surface area contributed by atoms with Crippen LogP contribution in [-0.4, -0.2) is 15.0 Å². The molecule has 0 bridgehead atoms. The lowest BCUT2D eigenvalue weighted by atomic mass is 9.82. The van der Waals surface area contributed by atoms with E-state index in [-0.39, 0.29) is 5.41 Å². The van der Waals surface area contributed by atoms with Crippen LogP contribution in [-0.2, 0) is 5.41 Å². The van der Waals surface area contributed by atoms with Crippen LogP contribution >= 0.6 is 11.3 Å². The Morgan fingerprint density at radius 3 is 1.86 bits per heavy atom. The van der Waals surface area contributed by atoms with Crippen LogP contribution in [0.3, 0.4) is 0 Å². The van der Waals surface area contributed by atoms with Gasteiger partial charge in [-0.05, 0) is 45.8 Å². The molecular weight excluding hydrogens is 627 g/mol. The smallest absolute Gasteiger partial charge is 0.160 e. The van der Waals surface area contributed by atoms with E-state index in [4.69, 9.17) is 15.0 Å². The normalized spacial score (nSPS) is 13.2. The van der Waals surface area contributed by atoms with E-state index >= 15 is 0 Å². The molecule has 3 heterocycles. The van der Waals surface area contributed by atoms with Gasteiger partial charge >= 0.3 is 0 Å². The lowest BCUT2D eigenvalue weighted by Gasteiger charge is -2.21. The van der Waals surface area contributed by atoms with Gasteiger partial charge in [0.2, 0.25) is 0 Å². The fraction of sp³-hybridized carbons (Fsp3) is 0.0652. The molecule has 0 saturated carbocycles. The molecule has 0 aliphatic heterocycles. The van der Waals surface area contributed by atoms with E-state index in [2.05, 4.69) is 159 Å². The van der Waals surface area contributed by atoms with E-state index < -0.39 is 0 Å². The summed E-state index contributed by atoms with van der Waals surface area (Å²) in [5.41, 5.74) is 12.2. The number of fused-ring (bicyclic) bond motifs is 8. The summed E-state index contributed by atoms with van der Waals surface area (Å²) in [6.07, 6.45) is 0. The number of benzene rings is 6. The lowest BCUT2D eigenvalue weighted by molar-refractivity contribution is 0.660. The lowest BCUT2D eigenvalue weighted by Crippen LogP contribution is -2.15. The average molecular weight is 658 g/mol. The SMILES string of the molecule is CC1(C)c2ccccc2-c2ccc(-c3nc(-c4ccccc4)cc(-c4ccc(-c5nc6sc7ccccc7c6c6ccccc56)cc4)n3)cc21. The molecule has 0 saturated heterocycles. The summed E-state index contributed by atoms with van der Waals surface area (Å²) in [5, 5.41) is 4.90. The van der Waals surface area contributed by atoms with Gasteiger partial charge in [-0.3, -0.25) is 0 Å². The molecule has 0 radical (unpaired) electrons. The molecular formula is C46H31N3S. The van der Waals surface area contributed by atoms with Crippen molar-refractivity contribution < 1.29 is 0 Å². The highest BCUT2D eigenvalue weighted by molar-refractivity contribution is 7.25. The molecule has 0 amide bonds. The monoisotopic (exact) mass is 657 g/mol. The van der Waals surface area contributed by atoms with E-state index in [0.29, 0.717) is 0 Å². The van der Waals surface area contributed by atoms with Crippen molar-refractivity contribution in [1.29, 1.82) is 0 Å². The van der Waals surface area contributed by atoms with Gasteiger partial charge in [-0.15, -0.1) is 11.3 Å². The highest BCUT2D eigenvalue weighted by atomic mass is 32.1. The minimum absolute atomic E-state index is 0.102. The zero-order valence-corrected chi connectivity index (χ0v) is 28.5. The minimum Gasteiger partial charge on any atom is -0.236 e. The first-order chi connectivity index (χ1) is 24.5. The van der Waals surface area contributed by atoms with Crippen LogP contribution in [0.2, 0.25) is 0 Å². The first-order valence-electron chi connectivity index (χ1n) is 17.0. The molecule has 3 nitrogen and oxygen atoms in total. The maximum atomic E-state index is 5.27. The second kappa shape index (κ2) is 11.0. The molecule has 0 unspecified atom stereocenters.